The predicted octanol–water partition coefficient (Wildman–Crippen LogP) is 0.782. The standard InChI is InChI=1S/C18H25N3O3/c22-17(12-19-11-14-6-7-14)20-15-10-18(23)21(13-15)8-9-24-16-4-2-1-3-5-16/h1-5,14-15,19H,6-13H2,(H,20,22). The largest absolute Gasteiger partial charge is 0.492 e. The Morgan fingerprint density at radius 3 is 2.79 bits per heavy atom. The van der Waals surface area contributed by atoms with Crippen LogP contribution in [-0.2, 0) is 9.59 Å². The fraction of sp³-hybridized carbons (Fsp3) is 0.556. The van der Waals surface area contributed by atoms with Crippen molar-refractivity contribution in [3.63, 3.8) is 0 Å². The number of nitrogens with zero attached hydrogens (tertiary/aromatic N) is 1. The van der Waals surface area contributed by atoms with Gasteiger partial charge in [-0.3, -0.25) is 9.59 Å². The van der Waals surface area contributed by atoms with E-state index >= 15 is 0 Å². The molecular weight excluding hydrogens is 306 g/mol. The fourth-order valence-corrected chi connectivity index (χ4v) is 2.87. The molecule has 0 aromatic heterocycles. The van der Waals surface area contributed by atoms with Gasteiger partial charge in [0.2, 0.25) is 11.8 Å². The average molecular weight is 331 g/mol. The number of rotatable bonds is 9. The number of benzene rings is 1. The summed E-state index contributed by atoms with van der Waals surface area (Å²) in [5.74, 6) is 1.60. The fourth-order valence-electron chi connectivity index (χ4n) is 2.87. The summed E-state index contributed by atoms with van der Waals surface area (Å²) in [5, 5.41) is 6.10. The summed E-state index contributed by atoms with van der Waals surface area (Å²) in [6, 6.07) is 9.46. The number of carbonyl (C=O) groups is 2. The first-order chi connectivity index (χ1) is 11.7. The van der Waals surface area contributed by atoms with E-state index in [0.717, 1.165) is 18.2 Å². The van der Waals surface area contributed by atoms with Gasteiger partial charge in [-0.2, -0.15) is 0 Å². The molecule has 1 saturated heterocycles. The molecule has 0 spiro atoms. The summed E-state index contributed by atoms with van der Waals surface area (Å²) in [4.78, 5) is 25.7. The first-order valence-corrected chi connectivity index (χ1v) is 8.66. The lowest BCUT2D eigenvalue weighted by molar-refractivity contribution is -0.128. The molecule has 1 aromatic carbocycles. The molecule has 2 N–H and O–H groups in total. The minimum Gasteiger partial charge on any atom is -0.492 e. The molecule has 2 fully saturated rings. The van der Waals surface area contributed by atoms with Gasteiger partial charge in [-0.1, -0.05) is 18.2 Å². The Kier molecular flexibility index (Phi) is 5.69. The second kappa shape index (κ2) is 8.15. The molecule has 6 heteroatoms. The van der Waals surface area contributed by atoms with Gasteiger partial charge in [-0.15, -0.1) is 0 Å². The molecular formula is C18H25N3O3. The molecule has 1 atom stereocenters. The van der Waals surface area contributed by atoms with E-state index in [1.54, 1.807) is 4.90 Å². The molecule has 1 heterocycles. The van der Waals surface area contributed by atoms with Gasteiger partial charge in [0.1, 0.15) is 12.4 Å². The zero-order valence-electron chi connectivity index (χ0n) is 13.9. The van der Waals surface area contributed by atoms with E-state index in [9.17, 15) is 9.59 Å². The van der Waals surface area contributed by atoms with Crippen molar-refractivity contribution in [1.82, 2.24) is 15.5 Å². The zero-order valence-corrected chi connectivity index (χ0v) is 13.9. The SMILES string of the molecule is O=C(CNCC1CC1)NC1CC(=O)N(CCOc2ccccc2)C1. The van der Waals surface area contributed by atoms with Gasteiger partial charge < -0.3 is 20.3 Å². The number of para-hydroxylation sites is 1. The zero-order chi connectivity index (χ0) is 16.8. The Labute approximate surface area is 142 Å². The summed E-state index contributed by atoms with van der Waals surface area (Å²) < 4.78 is 5.62. The smallest absolute Gasteiger partial charge is 0.234 e. The molecule has 1 unspecified atom stereocenters. The second-order valence-corrected chi connectivity index (χ2v) is 6.54. The van der Waals surface area contributed by atoms with E-state index in [0.29, 0.717) is 32.7 Å². The normalized spacial score (nSPS) is 20.2. The third kappa shape index (κ3) is 5.23. The number of carbonyl (C=O) groups excluding carboxylic acids is 2. The lowest BCUT2D eigenvalue weighted by Crippen LogP contribution is -2.42. The van der Waals surface area contributed by atoms with Crippen molar-refractivity contribution in [2.24, 2.45) is 5.92 Å². The molecule has 1 saturated carbocycles. The molecule has 1 aliphatic carbocycles. The van der Waals surface area contributed by atoms with E-state index in [1.807, 2.05) is 30.3 Å². The Hall–Kier alpha value is -2.08. The van der Waals surface area contributed by atoms with Crippen molar-refractivity contribution in [3.8, 4) is 5.75 Å². The summed E-state index contributed by atoms with van der Waals surface area (Å²) in [7, 11) is 0. The van der Waals surface area contributed by atoms with Crippen LogP contribution in [0.4, 0.5) is 0 Å². The van der Waals surface area contributed by atoms with Crippen LogP contribution in [0.3, 0.4) is 0 Å². The lowest BCUT2D eigenvalue weighted by atomic mass is 10.2. The van der Waals surface area contributed by atoms with Crippen LogP contribution >= 0.6 is 0 Å². The van der Waals surface area contributed by atoms with Crippen LogP contribution in [0, 0.1) is 5.92 Å². The Morgan fingerprint density at radius 2 is 2.04 bits per heavy atom. The van der Waals surface area contributed by atoms with Crippen molar-refractivity contribution < 1.29 is 14.3 Å². The number of amides is 2. The van der Waals surface area contributed by atoms with Crippen LogP contribution in [0.15, 0.2) is 30.3 Å². The Balaban J connectivity index is 1.33. The second-order valence-electron chi connectivity index (χ2n) is 6.54. The number of hydrogen-bond donors (Lipinski definition) is 2. The van der Waals surface area contributed by atoms with Gasteiger partial charge in [-0.25, -0.2) is 0 Å². The van der Waals surface area contributed by atoms with Crippen molar-refractivity contribution in [1.29, 1.82) is 0 Å². The maximum atomic E-state index is 12.0. The average Bonchev–Trinajstić information content (AvgIpc) is 3.33. The highest BCUT2D eigenvalue weighted by atomic mass is 16.5. The van der Waals surface area contributed by atoms with E-state index < -0.39 is 0 Å². The van der Waals surface area contributed by atoms with Gasteiger partial charge in [0, 0.05) is 13.0 Å². The van der Waals surface area contributed by atoms with Gasteiger partial charge in [0.25, 0.3) is 0 Å². The number of hydrogen-bond acceptors (Lipinski definition) is 4. The Bertz CT molecular complexity index is 560. The van der Waals surface area contributed by atoms with Gasteiger partial charge in [0.05, 0.1) is 19.1 Å². The van der Waals surface area contributed by atoms with E-state index in [2.05, 4.69) is 10.6 Å². The van der Waals surface area contributed by atoms with E-state index in [4.69, 9.17) is 4.74 Å². The first kappa shape index (κ1) is 16.8. The molecule has 130 valence electrons. The molecule has 1 aromatic rings. The van der Waals surface area contributed by atoms with Crippen molar-refractivity contribution >= 4 is 11.8 Å². The van der Waals surface area contributed by atoms with E-state index in [-0.39, 0.29) is 17.9 Å². The van der Waals surface area contributed by atoms with Crippen LogP contribution in [-0.4, -0.2) is 55.5 Å². The molecule has 24 heavy (non-hydrogen) atoms. The third-order valence-corrected chi connectivity index (χ3v) is 4.37. The van der Waals surface area contributed by atoms with Crippen LogP contribution in [0.1, 0.15) is 19.3 Å². The highest BCUT2D eigenvalue weighted by Gasteiger charge is 2.30. The number of nitrogens with one attached hydrogen (secondary N) is 2. The monoisotopic (exact) mass is 331 g/mol. The maximum Gasteiger partial charge on any atom is 0.234 e. The highest BCUT2D eigenvalue weighted by molar-refractivity contribution is 5.83. The molecule has 0 bridgehead atoms. The van der Waals surface area contributed by atoms with Crippen molar-refractivity contribution in [2.75, 3.05) is 32.8 Å². The maximum absolute atomic E-state index is 12.0. The lowest BCUT2D eigenvalue weighted by Gasteiger charge is -2.17. The Morgan fingerprint density at radius 1 is 1.25 bits per heavy atom. The van der Waals surface area contributed by atoms with Crippen molar-refractivity contribution in [2.45, 2.75) is 25.3 Å². The molecule has 3 rings (SSSR count). The minimum absolute atomic E-state index is 0.0316. The molecule has 2 aliphatic rings. The van der Waals surface area contributed by atoms with Crippen LogP contribution in [0.25, 0.3) is 0 Å². The summed E-state index contributed by atoms with van der Waals surface area (Å²) in [6.45, 7) is 2.81. The van der Waals surface area contributed by atoms with Crippen LogP contribution in [0.2, 0.25) is 0 Å². The topological polar surface area (TPSA) is 70.7 Å². The molecule has 6 nitrogen and oxygen atoms in total. The highest BCUT2D eigenvalue weighted by Crippen LogP contribution is 2.27. The van der Waals surface area contributed by atoms with Crippen molar-refractivity contribution in [3.05, 3.63) is 30.3 Å². The van der Waals surface area contributed by atoms with Gasteiger partial charge in [-0.05, 0) is 37.4 Å². The van der Waals surface area contributed by atoms with E-state index in [1.165, 1.54) is 12.8 Å². The van der Waals surface area contributed by atoms with Crippen LogP contribution in [0.5, 0.6) is 5.75 Å². The molecule has 1 aliphatic heterocycles. The summed E-state index contributed by atoms with van der Waals surface area (Å²) in [5.41, 5.74) is 0. The first-order valence-electron chi connectivity index (χ1n) is 8.66. The predicted molar refractivity (Wildman–Crippen MR) is 90.7 cm³/mol. The number of likely N-dealkylation sites (tertiary alicyclic amines) is 1. The van der Waals surface area contributed by atoms with Crippen LogP contribution < -0.4 is 15.4 Å². The quantitative estimate of drug-likeness (QED) is 0.702. The summed E-state index contributed by atoms with van der Waals surface area (Å²) in [6.07, 6.45) is 2.91. The summed E-state index contributed by atoms with van der Waals surface area (Å²) >= 11 is 0. The van der Waals surface area contributed by atoms with Gasteiger partial charge in [0.15, 0.2) is 0 Å². The minimum atomic E-state index is -0.0931. The van der Waals surface area contributed by atoms with Gasteiger partial charge >= 0.3 is 0 Å². The number of ether oxygens (including phenoxy) is 1. The third-order valence-electron chi connectivity index (χ3n) is 4.37. The molecule has 0 radical (unpaired) electrons. The molecule has 2 amide bonds.